The van der Waals surface area contributed by atoms with Crippen molar-refractivity contribution in [2.24, 2.45) is 0 Å². The van der Waals surface area contributed by atoms with Gasteiger partial charge in [-0.3, -0.25) is 4.79 Å². The van der Waals surface area contributed by atoms with E-state index in [0.29, 0.717) is 5.82 Å². The van der Waals surface area contributed by atoms with Crippen molar-refractivity contribution in [3.05, 3.63) is 18.1 Å². The molecule has 86 valence electrons. The van der Waals surface area contributed by atoms with E-state index in [0.717, 1.165) is 5.56 Å². The van der Waals surface area contributed by atoms with Crippen molar-refractivity contribution >= 4 is 11.7 Å². The maximum absolute atomic E-state index is 10.6. The third-order valence-corrected chi connectivity index (χ3v) is 1.19. The molecule has 0 bridgehead atoms. The minimum absolute atomic E-state index is 0.119. The number of carbonyl (C=O) groups is 1. The van der Waals surface area contributed by atoms with Crippen molar-refractivity contribution in [3.63, 3.8) is 0 Å². The summed E-state index contributed by atoms with van der Waals surface area (Å²) in [5, 5.41) is 2.58. The molecule has 0 saturated carbocycles. The lowest BCUT2D eigenvalue weighted by molar-refractivity contribution is -0.114. The van der Waals surface area contributed by atoms with Crippen molar-refractivity contribution < 1.29 is 4.79 Å². The lowest BCUT2D eigenvalue weighted by Gasteiger charge is -2.01. The van der Waals surface area contributed by atoms with Gasteiger partial charge in [0.2, 0.25) is 5.91 Å². The van der Waals surface area contributed by atoms with Gasteiger partial charge in [0.15, 0.2) is 0 Å². The molecule has 1 aromatic rings. The summed E-state index contributed by atoms with van der Waals surface area (Å²) in [5.41, 5.74) is 0.864. The van der Waals surface area contributed by atoms with Gasteiger partial charge in [-0.15, -0.1) is 0 Å². The Morgan fingerprint density at radius 3 is 2.20 bits per heavy atom. The Hall–Kier alpha value is -1.45. The first-order valence-electron chi connectivity index (χ1n) is 5.24. The van der Waals surface area contributed by atoms with Crippen LogP contribution in [0.4, 0.5) is 5.82 Å². The third-order valence-electron chi connectivity index (χ3n) is 1.19. The highest BCUT2D eigenvalue weighted by atomic mass is 16.1. The van der Waals surface area contributed by atoms with Gasteiger partial charge in [-0.2, -0.15) is 0 Å². The maximum atomic E-state index is 10.6. The maximum Gasteiger partial charge on any atom is 0.222 e. The minimum atomic E-state index is -0.119. The molecule has 0 fully saturated rings. The van der Waals surface area contributed by atoms with Crippen molar-refractivity contribution in [2.45, 2.75) is 41.5 Å². The molecule has 0 radical (unpaired) electrons. The van der Waals surface area contributed by atoms with Crippen molar-refractivity contribution in [3.8, 4) is 0 Å². The Labute approximate surface area is 92.1 Å². The highest BCUT2D eigenvalue weighted by Gasteiger charge is 1.98. The Bertz CT molecular complexity index is 274. The number of hydrogen-bond donors (Lipinski definition) is 1. The molecule has 1 heterocycles. The van der Waals surface area contributed by atoms with E-state index in [-0.39, 0.29) is 5.91 Å². The number of aromatic nitrogens is 2. The van der Waals surface area contributed by atoms with Crippen LogP contribution in [0.15, 0.2) is 12.5 Å². The van der Waals surface area contributed by atoms with Crippen LogP contribution >= 0.6 is 0 Å². The summed E-state index contributed by atoms with van der Waals surface area (Å²) in [6.07, 6.45) is 3.05. The summed E-state index contributed by atoms with van der Waals surface area (Å²) in [6, 6.07) is 0. The lowest BCUT2D eigenvalue weighted by atomic mass is 10.3. The number of aryl methyl sites for hydroxylation is 1. The van der Waals surface area contributed by atoms with Crippen LogP contribution in [0.5, 0.6) is 0 Å². The van der Waals surface area contributed by atoms with Crippen molar-refractivity contribution in [1.82, 2.24) is 9.97 Å². The summed E-state index contributed by atoms with van der Waals surface area (Å²) in [7, 11) is 0. The molecule has 0 aliphatic rings. The van der Waals surface area contributed by atoms with E-state index in [2.05, 4.69) is 15.3 Å². The molecule has 4 heteroatoms. The second kappa shape index (κ2) is 10.6. The van der Waals surface area contributed by atoms with Gasteiger partial charge < -0.3 is 5.32 Å². The molecule has 0 saturated heterocycles. The van der Waals surface area contributed by atoms with Crippen LogP contribution < -0.4 is 5.32 Å². The zero-order valence-corrected chi connectivity index (χ0v) is 10.5. The summed E-state index contributed by atoms with van der Waals surface area (Å²) in [4.78, 5) is 18.3. The van der Waals surface area contributed by atoms with Crippen LogP contribution in [0.2, 0.25) is 0 Å². The fraction of sp³-hybridized carbons (Fsp3) is 0.545. The van der Waals surface area contributed by atoms with Gasteiger partial charge in [-0.25, -0.2) is 9.97 Å². The van der Waals surface area contributed by atoms with Gasteiger partial charge >= 0.3 is 0 Å². The first-order chi connectivity index (χ1) is 7.20. The normalized spacial score (nSPS) is 7.60. The first-order valence-corrected chi connectivity index (χ1v) is 5.24. The van der Waals surface area contributed by atoms with Crippen LogP contribution in [-0.2, 0) is 4.79 Å². The monoisotopic (exact) mass is 211 g/mol. The van der Waals surface area contributed by atoms with Gasteiger partial charge in [0.25, 0.3) is 0 Å². The van der Waals surface area contributed by atoms with Crippen molar-refractivity contribution in [1.29, 1.82) is 0 Å². The predicted octanol–water partition coefficient (Wildman–Crippen LogP) is 2.80. The zero-order chi connectivity index (χ0) is 12.3. The summed E-state index contributed by atoms with van der Waals surface area (Å²) < 4.78 is 0. The van der Waals surface area contributed by atoms with Crippen LogP contribution in [0.1, 0.15) is 40.2 Å². The van der Waals surface area contributed by atoms with Crippen LogP contribution in [0, 0.1) is 6.92 Å². The van der Waals surface area contributed by atoms with E-state index in [1.54, 1.807) is 6.20 Å². The smallest absolute Gasteiger partial charge is 0.222 e. The average Bonchev–Trinajstić information content (AvgIpc) is 2.27. The van der Waals surface area contributed by atoms with E-state index in [9.17, 15) is 4.79 Å². The fourth-order valence-electron chi connectivity index (χ4n) is 0.697. The molecule has 4 nitrogen and oxygen atoms in total. The molecule has 1 aromatic heterocycles. The zero-order valence-electron chi connectivity index (χ0n) is 10.5. The Balaban J connectivity index is 0. The second-order valence-corrected chi connectivity index (χ2v) is 2.24. The summed E-state index contributed by atoms with van der Waals surface area (Å²) in [6.45, 7) is 11.3. The number of anilines is 1. The number of nitrogens with one attached hydrogen (secondary N) is 1. The highest BCUT2D eigenvalue weighted by Crippen LogP contribution is 2.06. The van der Waals surface area contributed by atoms with E-state index >= 15 is 0 Å². The molecule has 0 unspecified atom stereocenters. The lowest BCUT2D eigenvalue weighted by Crippen LogP contribution is -2.08. The van der Waals surface area contributed by atoms with Gasteiger partial charge in [0, 0.05) is 18.7 Å². The quantitative estimate of drug-likeness (QED) is 0.777. The molecule has 1 amide bonds. The van der Waals surface area contributed by atoms with E-state index in [4.69, 9.17) is 0 Å². The molecule has 0 aliphatic heterocycles. The predicted molar refractivity (Wildman–Crippen MR) is 63.8 cm³/mol. The molecule has 0 aliphatic carbocycles. The number of nitrogens with zero attached hydrogens (tertiary/aromatic N) is 2. The first kappa shape index (κ1) is 16.0. The summed E-state index contributed by atoms with van der Waals surface area (Å²) in [5.74, 6) is 0.458. The van der Waals surface area contributed by atoms with Crippen molar-refractivity contribution in [2.75, 3.05) is 5.32 Å². The van der Waals surface area contributed by atoms with Gasteiger partial charge in [-0.1, -0.05) is 27.7 Å². The standard InChI is InChI=1S/C7H9N3O.2C2H6/c1-5-3-8-4-9-7(5)10-6(2)11;2*1-2/h3-4H,1-2H3,(H,8,9,10,11);2*1-2H3. The van der Waals surface area contributed by atoms with Gasteiger partial charge in [0.05, 0.1) is 0 Å². The van der Waals surface area contributed by atoms with Crippen LogP contribution in [-0.4, -0.2) is 15.9 Å². The molecule has 0 atom stereocenters. The second-order valence-electron chi connectivity index (χ2n) is 2.24. The molecule has 15 heavy (non-hydrogen) atoms. The number of amides is 1. The molecule has 0 aromatic carbocycles. The topological polar surface area (TPSA) is 54.9 Å². The van der Waals surface area contributed by atoms with E-state index in [1.165, 1.54) is 13.3 Å². The van der Waals surface area contributed by atoms with Gasteiger partial charge in [0.1, 0.15) is 12.1 Å². The molecule has 1 N–H and O–H groups in total. The van der Waals surface area contributed by atoms with Crippen LogP contribution in [0.25, 0.3) is 0 Å². The molecule has 1 rings (SSSR count). The molecular weight excluding hydrogens is 190 g/mol. The number of carbonyl (C=O) groups excluding carboxylic acids is 1. The SMILES string of the molecule is CC.CC.CC(=O)Nc1ncncc1C. The molecular formula is C11H21N3O. The van der Waals surface area contributed by atoms with E-state index in [1.807, 2.05) is 34.6 Å². The van der Waals surface area contributed by atoms with Crippen LogP contribution in [0.3, 0.4) is 0 Å². The number of hydrogen-bond acceptors (Lipinski definition) is 3. The van der Waals surface area contributed by atoms with Gasteiger partial charge in [-0.05, 0) is 6.92 Å². The Kier molecular flexibility index (Phi) is 11.3. The minimum Gasteiger partial charge on any atom is -0.311 e. The Morgan fingerprint density at radius 1 is 1.27 bits per heavy atom. The number of rotatable bonds is 1. The largest absolute Gasteiger partial charge is 0.311 e. The highest BCUT2D eigenvalue weighted by molar-refractivity contribution is 5.88. The third kappa shape index (κ3) is 7.61. The van der Waals surface area contributed by atoms with E-state index < -0.39 is 0 Å². The fourth-order valence-corrected chi connectivity index (χ4v) is 0.697. The average molecular weight is 211 g/mol. The Morgan fingerprint density at radius 2 is 1.80 bits per heavy atom. The summed E-state index contributed by atoms with van der Waals surface area (Å²) >= 11 is 0. The molecule has 0 spiro atoms.